The SMILES string of the molecule is COC(=O)Cc1ccc(N)cc1Br. The summed E-state index contributed by atoms with van der Waals surface area (Å²) in [5, 5.41) is 0. The number of esters is 1. The zero-order valence-corrected chi connectivity index (χ0v) is 8.80. The third-order valence-corrected chi connectivity index (χ3v) is 2.38. The summed E-state index contributed by atoms with van der Waals surface area (Å²) in [4.78, 5) is 10.9. The first-order chi connectivity index (χ1) is 6.13. The predicted molar refractivity (Wildman–Crippen MR) is 54.3 cm³/mol. The fraction of sp³-hybridized carbons (Fsp3) is 0.222. The van der Waals surface area contributed by atoms with E-state index in [4.69, 9.17) is 5.73 Å². The van der Waals surface area contributed by atoms with Gasteiger partial charge < -0.3 is 10.5 Å². The maximum atomic E-state index is 10.9. The van der Waals surface area contributed by atoms with Crippen LogP contribution in [0, 0.1) is 0 Å². The van der Waals surface area contributed by atoms with Gasteiger partial charge in [0.1, 0.15) is 0 Å². The summed E-state index contributed by atoms with van der Waals surface area (Å²) in [6.45, 7) is 0. The number of nitrogen functional groups attached to an aromatic ring is 1. The molecule has 4 heteroatoms. The molecule has 13 heavy (non-hydrogen) atoms. The van der Waals surface area contributed by atoms with Crippen LogP contribution in [0.1, 0.15) is 5.56 Å². The number of rotatable bonds is 2. The Hall–Kier alpha value is -1.03. The average molecular weight is 244 g/mol. The van der Waals surface area contributed by atoms with Gasteiger partial charge in [0.2, 0.25) is 0 Å². The molecule has 0 saturated heterocycles. The van der Waals surface area contributed by atoms with Gasteiger partial charge in [0.25, 0.3) is 0 Å². The van der Waals surface area contributed by atoms with Crippen LogP contribution >= 0.6 is 15.9 Å². The lowest BCUT2D eigenvalue weighted by atomic mass is 10.1. The molecule has 0 amide bonds. The van der Waals surface area contributed by atoms with Crippen LogP contribution in [0.25, 0.3) is 0 Å². The van der Waals surface area contributed by atoms with E-state index >= 15 is 0 Å². The lowest BCUT2D eigenvalue weighted by molar-refractivity contribution is -0.139. The third-order valence-electron chi connectivity index (χ3n) is 1.64. The van der Waals surface area contributed by atoms with Gasteiger partial charge in [-0.15, -0.1) is 0 Å². The van der Waals surface area contributed by atoms with Crippen LogP contribution in [0.5, 0.6) is 0 Å². The van der Waals surface area contributed by atoms with Gasteiger partial charge in [-0.05, 0) is 17.7 Å². The molecule has 0 aliphatic rings. The minimum atomic E-state index is -0.259. The van der Waals surface area contributed by atoms with Gasteiger partial charge in [0, 0.05) is 10.2 Å². The van der Waals surface area contributed by atoms with Crippen molar-refractivity contribution >= 4 is 27.6 Å². The summed E-state index contributed by atoms with van der Waals surface area (Å²) >= 11 is 3.32. The Labute approximate surface area is 85.0 Å². The summed E-state index contributed by atoms with van der Waals surface area (Å²) in [7, 11) is 1.37. The van der Waals surface area contributed by atoms with Crippen LogP contribution < -0.4 is 5.73 Å². The Morgan fingerprint density at radius 1 is 1.62 bits per heavy atom. The summed E-state index contributed by atoms with van der Waals surface area (Å²) in [5.74, 6) is -0.259. The van der Waals surface area contributed by atoms with Crippen molar-refractivity contribution in [2.75, 3.05) is 12.8 Å². The molecule has 1 aromatic carbocycles. The van der Waals surface area contributed by atoms with Crippen molar-refractivity contribution in [3.05, 3.63) is 28.2 Å². The summed E-state index contributed by atoms with van der Waals surface area (Å²) in [5.41, 5.74) is 7.09. The summed E-state index contributed by atoms with van der Waals surface area (Å²) < 4.78 is 5.38. The van der Waals surface area contributed by atoms with Gasteiger partial charge in [-0.2, -0.15) is 0 Å². The number of hydrogen-bond donors (Lipinski definition) is 1. The van der Waals surface area contributed by atoms with Gasteiger partial charge in [0.15, 0.2) is 0 Å². The normalized spacial score (nSPS) is 9.69. The third kappa shape index (κ3) is 2.73. The van der Waals surface area contributed by atoms with Crippen molar-refractivity contribution in [3.8, 4) is 0 Å². The highest BCUT2D eigenvalue weighted by Gasteiger charge is 2.06. The standard InChI is InChI=1S/C9H10BrNO2/c1-13-9(12)4-6-2-3-7(11)5-8(6)10/h2-3,5H,4,11H2,1H3. The van der Waals surface area contributed by atoms with Gasteiger partial charge in [0.05, 0.1) is 13.5 Å². The topological polar surface area (TPSA) is 52.3 Å². The molecule has 0 spiro atoms. The highest BCUT2D eigenvalue weighted by atomic mass is 79.9. The van der Waals surface area contributed by atoms with Crippen molar-refractivity contribution < 1.29 is 9.53 Å². The Balaban J connectivity index is 2.83. The van der Waals surface area contributed by atoms with Crippen molar-refractivity contribution in [1.82, 2.24) is 0 Å². The number of anilines is 1. The van der Waals surface area contributed by atoms with Gasteiger partial charge in [-0.1, -0.05) is 22.0 Å². The molecule has 0 fully saturated rings. The van der Waals surface area contributed by atoms with E-state index in [9.17, 15) is 4.79 Å². The number of carbonyl (C=O) groups is 1. The van der Waals surface area contributed by atoms with E-state index in [0.717, 1.165) is 10.0 Å². The largest absolute Gasteiger partial charge is 0.469 e. The van der Waals surface area contributed by atoms with Crippen LogP contribution in [-0.2, 0) is 16.0 Å². The first-order valence-corrected chi connectivity index (χ1v) is 4.53. The second kappa shape index (κ2) is 4.28. The summed E-state index contributed by atoms with van der Waals surface area (Å²) in [6.07, 6.45) is 0.261. The minimum absolute atomic E-state index is 0.259. The number of ether oxygens (including phenoxy) is 1. The minimum Gasteiger partial charge on any atom is -0.469 e. The van der Waals surface area contributed by atoms with Gasteiger partial charge in [-0.3, -0.25) is 4.79 Å². The highest BCUT2D eigenvalue weighted by Crippen LogP contribution is 2.20. The molecular weight excluding hydrogens is 234 g/mol. The molecular formula is C9H10BrNO2. The van der Waals surface area contributed by atoms with E-state index < -0.39 is 0 Å². The second-order valence-corrected chi connectivity index (χ2v) is 3.46. The number of carbonyl (C=O) groups excluding carboxylic acids is 1. The maximum absolute atomic E-state index is 10.9. The lowest BCUT2D eigenvalue weighted by Gasteiger charge is -2.03. The molecule has 1 rings (SSSR count). The lowest BCUT2D eigenvalue weighted by Crippen LogP contribution is -2.05. The van der Waals surface area contributed by atoms with E-state index in [1.54, 1.807) is 18.2 Å². The highest BCUT2D eigenvalue weighted by molar-refractivity contribution is 9.10. The Bertz CT molecular complexity index is 325. The van der Waals surface area contributed by atoms with Crippen LogP contribution in [0.15, 0.2) is 22.7 Å². The van der Waals surface area contributed by atoms with Crippen molar-refractivity contribution in [1.29, 1.82) is 0 Å². The second-order valence-electron chi connectivity index (χ2n) is 2.60. The quantitative estimate of drug-likeness (QED) is 0.636. The first-order valence-electron chi connectivity index (χ1n) is 3.74. The van der Waals surface area contributed by atoms with E-state index in [1.165, 1.54) is 7.11 Å². The van der Waals surface area contributed by atoms with E-state index in [1.807, 2.05) is 0 Å². The molecule has 0 atom stereocenters. The molecule has 0 saturated carbocycles. The fourth-order valence-corrected chi connectivity index (χ4v) is 1.47. The number of methoxy groups -OCH3 is 1. The van der Waals surface area contributed by atoms with E-state index in [-0.39, 0.29) is 12.4 Å². The summed E-state index contributed by atoms with van der Waals surface area (Å²) in [6, 6.07) is 5.32. The molecule has 1 aromatic rings. The molecule has 0 unspecified atom stereocenters. The Morgan fingerprint density at radius 3 is 2.85 bits per heavy atom. The van der Waals surface area contributed by atoms with Crippen LogP contribution in [0.3, 0.4) is 0 Å². The molecule has 0 aliphatic heterocycles. The molecule has 70 valence electrons. The van der Waals surface area contributed by atoms with Gasteiger partial charge in [-0.25, -0.2) is 0 Å². The monoisotopic (exact) mass is 243 g/mol. The van der Waals surface area contributed by atoms with Crippen molar-refractivity contribution in [2.24, 2.45) is 0 Å². The van der Waals surface area contributed by atoms with E-state index in [0.29, 0.717) is 5.69 Å². The molecule has 0 bridgehead atoms. The number of hydrogen-bond acceptors (Lipinski definition) is 3. The van der Waals surface area contributed by atoms with Gasteiger partial charge >= 0.3 is 5.97 Å². The van der Waals surface area contributed by atoms with E-state index in [2.05, 4.69) is 20.7 Å². The number of nitrogens with two attached hydrogens (primary N) is 1. The van der Waals surface area contributed by atoms with Crippen LogP contribution in [0.2, 0.25) is 0 Å². The fourth-order valence-electron chi connectivity index (χ4n) is 0.935. The van der Waals surface area contributed by atoms with Crippen molar-refractivity contribution in [3.63, 3.8) is 0 Å². The molecule has 0 aliphatic carbocycles. The number of benzene rings is 1. The van der Waals surface area contributed by atoms with Crippen molar-refractivity contribution in [2.45, 2.75) is 6.42 Å². The Kier molecular flexibility index (Phi) is 3.31. The molecule has 0 radical (unpaired) electrons. The average Bonchev–Trinajstić information content (AvgIpc) is 2.09. The first kappa shape index (κ1) is 10.1. The Morgan fingerprint density at radius 2 is 2.31 bits per heavy atom. The molecule has 3 nitrogen and oxygen atoms in total. The maximum Gasteiger partial charge on any atom is 0.310 e. The molecule has 2 N–H and O–H groups in total. The smallest absolute Gasteiger partial charge is 0.310 e. The zero-order valence-electron chi connectivity index (χ0n) is 7.21. The molecule has 0 heterocycles. The van der Waals surface area contributed by atoms with Crippen LogP contribution in [0.4, 0.5) is 5.69 Å². The van der Waals surface area contributed by atoms with Crippen LogP contribution in [-0.4, -0.2) is 13.1 Å². The predicted octanol–water partition coefficient (Wildman–Crippen LogP) is 1.75. The molecule has 0 aromatic heterocycles. The zero-order chi connectivity index (χ0) is 9.84. The number of halogens is 1.